The summed E-state index contributed by atoms with van der Waals surface area (Å²) in [5, 5.41) is 2.60. The van der Waals surface area contributed by atoms with Crippen LogP contribution in [0.3, 0.4) is 0 Å². The van der Waals surface area contributed by atoms with E-state index >= 15 is 0 Å². The first kappa shape index (κ1) is 15.4. The van der Waals surface area contributed by atoms with E-state index in [-0.39, 0.29) is 10.9 Å². The lowest BCUT2D eigenvalue weighted by atomic mass is 10.1. The average Bonchev–Trinajstić information content (AvgIpc) is 2.49. The number of carbonyl (C=O) groups excluding carboxylic acids is 1. The van der Waals surface area contributed by atoms with Crippen molar-refractivity contribution in [3.05, 3.63) is 58.6 Å². The Morgan fingerprint density at radius 3 is 2.76 bits per heavy atom. The molecule has 0 saturated heterocycles. The van der Waals surface area contributed by atoms with E-state index in [9.17, 15) is 9.18 Å². The highest BCUT2D eigenvalue weighted by Crippen LogP contribution is 2.19. The third-order valence-electron chi connectivity index (χ3n) is 3.05. The molecule has 0 unspecified atom stereocenters. The van der Waals surface area contributed by atoms with Gasteiger partial charge in [0.2, 0.25) is 0 Å². The van der Waals surface area contributed by atoms with E-state index in [1.54, 1.807) is 12.3 Å². The zero-order valence-corrected chi connectivity index (χ0v) is 12.5. The van der Waals surface area contributed by atoms with Gasteiger partial charge >= 0.3 is 0 Å². The van der Waals surface area contributed by atoms with Crippen LogP contribution >= 0.6 is 11.6 Å². The van der Waals surface area contributed by atoms with Crippen molar-refractivity contribution in [3.8, 4) is 0 Å². The monoisotopic (exact) mass is 306 g/mol. The summed E-state index contributed by atoms with van der Waals surface area (Å²) >= 11 is 5.67. The Morgan fingerprint density at radius 2 is 2.14 bits per heavy atom. The Bertz CT molecular complexity index is 629. The maximum atomic E-state index is 13.0. The molecule has 0 bridgehead atoms. The number of aromatic nitrogens is 1. The van der Waals surface area contributed by atoms with Crippen LogP contribution in [0, 0.1) is 5.82 Å². The molecule has 1 N–H and O–H groups in total. The summed E-state index contributed by atoms with van der Waals surface area (Å²) in [6.07, 6.45) is 4.88. The predicted molar refractivity (Wildman–Crippen MR) is 82.2 cm³/mol. The molecule has 0 atom stereocenters. The first-order valence-electron chi connectivity index (χ1n) is 6.81. The second-order valence-electron chi connectivity index (χ2n) is 4.74. The molecule has 0 aliphatic carbocycles. The number of unbranched alkanes of at least 4 members (excludes halogenated alkanes) is 1. The zero-order chi connectivity index (χ0) is 15.2. The average molecular weight is 307 g/mol. The molecule has 0 aliphatic rings. The van der Waals surface area contributed by atoms with Crippen LogP contribution in [-0.4, -0.2) is 10.9 Å². The highest BCUT2D eigenvalue weighted by molar-refractivity contribution is 6.31. The molecular formula is C16H16ClFN2O. The van der Waals surface area contributed by atoms with Gasteiger partial charge in [-0.3, -0.25) is 9.78 Å². The van der Waals surface area contributed by atoms with Gasteiger partial charge in [0.15, 0.2) is 0 Å². The summed E-state index contributed by atoms with van der Waals surface area (Å²) in [6.45, 7) is 2.13. The van der Waals surface area contributed by atoms with E-state index in [0.717, 1.165) is 24.8 Å². The molecule has 0 spiro atoms. The van der Waals surface area contributed by atoms with Crippen molar-refractivity contribution in [1.82, 2.24) is 4.98 Å². The maximum Gasteiger partial charge on any atom is 0.274 e. The summed E-state index contributed by atoms with van der Waals surface area (Å²) in [6, 6.07) is 7.61. The number of nitrogens with one attached hydrogen (secondary N) is 1. The van der Waals surface area contributed by atoms with Gasteiger partial charge in [-0.1, -0.05) is 31.0 Å². The van der Waals surface area contributed by atoms with Gasteiger partial charge in [0.05, 0.1) is 5.02 Å². The molecule has 2 rings (SSSR count). The third-order valence-corrected chi connectivity index (χ3v) is 3.34. The molecule has 21 heavy (non-hydrogen) atoms. The lowest BCUT2D eigenvalue weighted by Gasteiger charge is -2.06. The number of hydrogen-bond acceptors (Lipinski definition) is 2. The molecule has 1 heterocycles. The second-order valence-corrected chi connectivity index (χ2v) is 5.15. The van der Waals surface area contributed by atoms with Crippen LogP contribution in [-0.2, 0) is 6.42 Å². The fourth-order valence-corrected chi connectivity index (χ4v) is 2.04. The number of nitrogens with zero attached hydrogens (tertiary/aromatic N) is 1. The summed E-state index contributed by atoms with van der Waals surface area (Å²) in [5.74, 6) is -0.868. The first-order chi connectivity index (χ1) is 10.1. The largest absolute Gasteiger partial charge is 0.321 e. The smallest absolute Gasteiger partial charge is 0.274 e. The van der Waals surface area contributed by atoms with E-state index in [0.29, 0.717) is 11.4 Å². The summed E-state index contributed by atoms with van der Waals surface area (Å²) in [7, 11) is 0. The van der Waals surface area contributed by atoms with E-state index < -0.39 is 5.82 Å². The molecule has 0 fully saturated rings. The standard InChI is InChI=1S/C16H16ClFN2O/c1-2-3-4-11-5-8-15(19-10-11)16(21)20-12-6-7-14(18)13(17)9-12/h5-10H,2-4H2,1H3,(H,20,21). The van der Waals surface area contributed by atoms with Gasteiger partial charge in [0.25, 0.3) is 5.91 Å². The number of halogens is 2. The van der Waals surface area contributed by atoms with Gasteiger partial charge < -0.3 is 5.32 Å². The molecule has 1 aromatic heterocycles. The van der Waals surface area contributed by atoms with Crippen molar-refractivity contribution in [1.29, 1.82) is 0 Å². The number of aryl methyl sites for hydroxylation is 1. The minimum atomic E-state index is -0.520. The maximum absolute atomic E-state index is 13.0. The van der Waals surface area contributed by atoms with E-state index in [1.165, 1.54) is 18.2 Å². The quantitative estimate of drug-likeness (QED) is 0.885. The van der Waals surface area contributed by atoms with Crippen LogP contribution in [0.5, 0.6) is 0 Å². The minimum Gasteiger partial charge on any atom is -0.321 e. The normalized spacial score (nSPS) is 10.4. The first-order valence-corrected chi connectivity index (χ1v) is 7.19. The minimum absolute atomic E-state index is 0.0318. The van der Waals surface area contributed by atoms with Crippen LogP contribution < -0.4 is 5.32 Å². The van der Waals surface area contributed by atoms with Crippen molar-refractivity contribution >= 4 is 23.2 Å². The van der Waals surface area contributed by atoms with Gasteiger partial charge in [-0.25, -0.2) is 4.39 Å². The number of anilines is 1. The Labute approximate surface area is 128 Å². The van der Waals surface area contributed by atoms with Gasteiger partial charge in [-0.05, 0) is 42.7 Å². The highest BCUT2D eigenvalue weighted by atomic mass is 35.5. The van der Waals surface area contributed by atoms with Crippen molar-refractivity contribution < 1.29 is 9.18 Å². The molecule has 3 nitrogen and oxygen atoms in total. The highest BCUT2D eigenvalue weighted by Gasteiger charge is 2.09. The van der Waals surface area contributed by atoms with Gasteiger partial charge in [-0.15, -0.1) is 0 Å². The molecule has 110 valence electrons. The third kappa shape index (κ3) is 4.26. The van der Waals surface area contributed by atoms with Crippen molar-refractivity contribution in [2.24, 2.45) is 0 Å². The fourth-order valence-electron chi connectivity index (χ4n) is 1.86. The Kier molecular flexibility index (Phi) is 5.28. The SMILES string of the molecule is CCCCc1ccc(C(=O)Nc2ccc(F)c(Cl)c2)nc1. The molecule has 1 aromatic carbocycles. The van der Waals surface area contributed by atoms with E-state index in [2.05, 4.69) is 17.2 Å². The summed E-state index contributed by atoms with van der Waals surface area (Å²) in [5.41, 5.74) is 1.86. The molecule has 2 aromatic rings. The predicted octanol–water partition coefficient (Wildman–Crippen LogP) is 4.47. The number of hydrogen-bond donors (Lipinski definition) is 1. The molecular weight excluding hydrogens is 291 g/mol. The molecule has 1 amide bonds. The van der Waals surface area contributed by atoms with E-state index in [1.807, 2.05) is 6.07 Å². The number of pyridine rings is 1. The van der Waals surface area contributed by atoms with E-state index in [4.69, 9.17) is 11.6 Å². The Morgan fingerprint density at radius 1 is 1.33 bits per heavy atom. The molecule has 0 radical (unpaired) electrons. The zero-order valence-electron chi connectivity index (χ0n) is 11.7. The van der Waals surface area contributed by atoms with Crippen molar-refractivity contribution in [2.75, 3.05) is 5.32 Å². The lowest BCUT2D eigenvalue weighted by Crippen LogP contribution is -2.13. The van der Waals surface area contributed by atoms with Crippen LogP contribution in [0.25, 0.3) is 0 Å². The Hall–Kier alpha value is -1.94. The van der Waals surface area contributed by atoms with Crippen molar-refractivity contribution in [3.63, 3.8) is 0 Å². The fraction of sp³-hybridized carbons (Fsp3) is 0.250. The molecule has 5 heteroatoms. The number of rotatable bonds is 5. The lowest BCUT2D eigenvalue weighted by molar-refractivity contribution is 0.102. The second kappa shape index (κ2) is 7.18. The van der Waals surface area contributed by atoms with Crippen LogP contribution in [0.2, 0.25) is 5.02 Å². The van der Waals surface area contributed by atoms with Crippen LogP contribution in [0.15, 0.2) is 36.5 Å². The number of carbonyl (C=O) groups is 1. The summed E-state index contributed by atoms with van der Waals surface area (Å²) < 4.78 is 13.0. The van der Waals surface area contributed by atoms with Gasteiger partial charge in [0, 0.05) is 11.9 Å². The summed E-state index contributed by atoms with van der Waals surface area (Å²) in [4.78, 5) is 16.2. The Balaban J connectivity index is 2.04. The van der Waals surface area contributed by atoms with Crippen molar-refractivity contribution in [2.45, 2.75) is 26.2 Å². The van der Waals surface area contributed by atoms with Crippen LogP contribution in [0.1, 0.15) is 35.8 Å². The number of amides is 1. The van der Waals surface area contributed by atoms with Gasteiger partial charge in [0.1, 0.15) is 11.5 Å². The topological polar surface area (TPSA) is 42.0 Å². The molecule has 0 saturated carbocycles. The number of benzene rings is 1. The van der Waals surface area contributed by atoms with Gasteiger partial charge in [-0.2, -0.15) is 0 Å². The molecule has 0 aliphatic heterocycles. The van der Waals surface area contributed by atoms with Crippen LogP contribution in [0.4, 0.5) is 10.1 Å².